The highest BCUT2D eigenvalue weighted by Crippen LogP contribution is 2.27. The number of piperidine rings is 1. The molecule has 1 aromatic heterocycles. The highest BCUT2D eigenvalue weighted by molar-refractivity contribution is 5.10. The van der Waals surface area contributed by atoms with E-state index in [-0.39, 0.29) is 5.60 Å². The summed E-state index contributed by atoms with van der Waals surface area (Å²) in [5.74, 6) is 1.86. The first-order valence-corrected chi connectivity index (χ1v) is 6.10. The highest BCUT2D eigenvalue weighted by atomic mass is 16.5. The van der Waals surface area contributed by atoms with Gasteiger partial charge < -0.3 is 19.2 Å². The van der Waals surface area contributed by atoms with Crippen molar-refractivity contribution in [3.05, 3.63) is 23.7 Å². The average molecular weight is 239 g/mol. The molecule has 0 aromatic carbocycles. The molecule has 1 saturated heterocycles. The number of hydrogen-bond acceptors (Lipinski definition) is 4. The van der Waals surface area contributed by atoms with E-state index < -0.39 is 0 Å². The third-order valence-corrected chi connectivity index (χ3v) is 3.45. The second-order valence-electron chi connectivity index (χ2n) is 4.61. The zero-order valence-corrected chi connectivity index (χ0v) is 10.6. The Bertz CT molecular complexity index is 342. The summed E-state index contributed by atoms with van der Waals surface area (Å²) in [6.45, 7) is 2.56. The van der Waals surface area contributed by atoms with Gasteiger partial charge in [-0.2, -0.15) is 0 Å². The van der Waals surface area contributed by atoms with Gasteiger partial charge in [-0.15, -0.1) is 0 Å². The molecule has 0 unspecified atom stereocenters. The molecule has 1 aliphatic rings. The summed E-state index contributed by atoms with van der Waals surface area (Å²) < 4.78 is 16.5. The smallest absolute Gasteiger partial charge is 0.129 e. The molecule has 2 heterocycles. The van der Waals surface area contributed by atoms with Gasteiger partial charge in [-0.3, -0.25) is 0 Å². The van der Waals surface area contributed by atoms with Crippen LogP contribution in [-0.2, 0) is 22.5 Å². The van der Waals surface area contributed by atoms with E-state index in [0.29, 0.717) is 6.61 Å². The molecule has 1 aromatic rings. The maximum Gasteiger partial charge on any atom is 0.129 e. The van der Waals surface area contributed by atoms with Crippen molar-refractivity contribution in [2.75, 3.05) is 27.3 Å². The summed E-state index contributed by atoms with van der Waals surface area (Å²) in [7, 11) is 3.47. The zero-order valence-electron chi connectivity index (χ0n) is 10.6. The lowest BCUT2D eigenvalue weighted by Crippen LogP contribution is -2.44. The van der Waals surface area contributed by atoms with Crippen LogP contribution in [-0.4, -0.2) is 32.9 Å². The van der Waals surface area contributed by atoms with Crippen molar-refractivity contribution in [2.45, 2.75) is 31.5 Å². The van der Waals surface area contributed by atoms with Gasteiger partial charge in [-0.1, -0.05) is 0 Å². The van der Waals surface area contributed by atoms with Crippen LogP contribution in [0.25, 0.3) is 0 Å². The van der Waals surface area contributed by atoms with Crippen molar-refractivity contribution in [1.29, 1.82) is 0 Å². The normalized spacial score (nSPS) is 19.4. The van der Waals surface area contributed by atoms with E-state index >= 15 is 0 Å². The molecule has 4 nitrogen and oxygen atoms in total. The van der Waals surface area contributed by atoms with Crippen LogP contribution in [0.2, 0.25) is 0 Å². The predicted octanol–water partition coefficient (Wildman–Crippen LogP) is 1.74. The standard InChI is InChI=1S/C13H21NO3/c1-15-10-12-4-3-11(17-12)9-13(16-2)5-7-14-8-6-13/h3-4,14H,5-10H2,1-2H3. The Morgan fingerprint density at radius 1 is 1.24 bits per heavy atom. The molecule has 0 bridgehead atoms. The minimum Gasteiger partial charge on any atom is -0.464 e. The Labute approximate surface area is 102 Å². The Morgan fingerprint density at radius 2 is 1.94 bits per heavy atom. The molecule has 2 rings (SSSR count). The van der Waals surface area contributed by atoms with Gasteiger partial charge in [0.25, 0.3) is 0 Å². The van der Waals surface area contributed by atoms with Gasteiger partial charge in [0.1, 0.15) is 18.1 Å². The van der Waals surface area contributed by atoms with Crippen molar-refractivity contribution >= 4 is 0 Å². The average Bonchev–Trinajstić information content (AvgIpc) is 2.78. The van der Waals surface area contributed by atoms with E-state index in [4.69, 9.17) is 13.9 Å². The van der Waals surface area contributed by atoms with Crippen molar-refractivity contribution < 1.29 is 13.9 Å². The van der Waals surface area contributed by atoms with Gasteiger partial charge in [0.15, 0.2) is 0 Å². The predicted molar refractivity (Wildman–Crippen MR) is 65.0 cm³/mol. The molecule has 0 atom stereocenters. The number of hydrogen-bond donors (Lipinski definition) is 1. The third kappa shape index (κ3) is 3.09. The van der Waals surface area contributed by atoms with E-state index in [1.165, 1.54) is 0 Å². The van der Waals surface area contributed by atoms with Crippen LogP contribution in [0.1, 0.15) is 24.4 Å². The fourth-order valence-corrected chi connectivity index (χ4v) is 2.39. The van der Waals surface area contributed by atoms with E-state index in [2.05, 4.69) is 5.32 Å². The van der Waals surface area contributed by atoms with Gasteiger partial charge in [0, 0.05) is 20.6 Å². The van der Waals surface area contributed by atoms with Crippen LogP contribution in [0.3, 0.4) is 0 Å². The summed E-state index contributed by atoms with van der Waals surface area (Å²) in [5, 5.41) is 3.35. The SMILES string of the molecule is COCc1ccc(CC2(OC)CCNCC2)o1. The molecule has 96 valence electrons. The maximum absolute atomic E-state index is 5.73. The Morgan fingerprint density at radius 3 is 2.59 bits per heavy atom. The molecule has 1 fully saturated rings. The molecule has 1 N–H and O–H groups in total. The molecule has 17 heavy (non-hydrogen) atoms. The monoisotopic (exact) mass is 239 g/mol. The maximum atomic E-state index is 5.73. The number of methoxy groups -OCH3 is 2. The first kappa shape index (κ1) is 12.6. The lowest BCUT2D eigenvalue weighted by molar-refractivity contribution is -0.0369. The largest absolute Gasteiger partial charge is 0.464 e. The third-order valence-electron chi connectivity index (χ3n) is 3.45. The van der Waals surface area contributed by atoms with Gasteiger partial charge in [0.2, 0.25) is 0 Å². The first-order chi connectivity index (χ1) is 8.28. The Kier molecular flexibility index (Phi) is 4.20. The van der Waals surface area contributed by atoms with Crippen molar-refractivity contribution in [2.24, 2.45) is 0 Å². The summed E-state index contributed by atoms with van der Waals surface area (Å²) in [5.41, 5.74) is -0.0621. The minimum absolute atomic E-state index is 0.0621. The van der Waals surface area contributed by atoms with Crippen molar-refractivity contribution in [1.82, 2.24) is 5.32 Å². The second kappa shape index (κ2) is 5.67. The number of rotatable bonds is 5. The van der Waals surface area contributed by atoms with E-state index in [0.717, 1.165) is 43.9 Å². The van der Waals surface area contributed by atoms with Crippen LogP contribution in [0, 0.1) is 0 Å². The van der Waals surface area contributed by atoms with Gasteiger partial charge in [0.05, 0.1) is 5.60 Å². The molecule has 0 spiro atoms. The Hall–Kier alpha value is -0.840. The fourth-order valence-electron chi connectivity index (χ4n) is 2.39. The van der Waals surface area contributed by atoms with Gasteiger partial charge in [-0.25, -0.2) is 0 Å². The summed E-state index contributed by atoms with van der Waals surface area (Å²) in [4.78, 5) is 0. The quantitative estimate of drug-likeness (QED) is 0.850. The van der Waals surface area contributed by atoms with Crippen LogP contribution in [0.4, 0.5) is 0 Å². The fraction of sp³-hybridized carbons (Fsp3) is 0.692. The Balaban J connectivity index is 2.01. The van der Waals surface area contributed by atoms with Crippen LogP contribution in [0.15, 0.2) is 16.5 Å². The summed E-state index contributed by atoms with van der Waals surface area (Å²) >= 11 is 0. The molecule has 0 saturated carbocycles. The zero-order chi connectivity index (χ0) is 12.1. The van der Waals surface area contributed by atoms with Gasteiger partial charge >= 0.3 is 0 Å². The number of furan rings is 1. The molecule has 0 aliphatic carbocycles. The first-order valence-electron chi connectivity index (χ1n) is 6.10. The summed E-state index contributed by atoms with van der Waals surface area (Å²) in [6.07, 6.45) is 2.91. The number of ether oxygens (including phenoxy) is 2. The lowest BCUT2D eigenvalue weighted by atomic mass is 9.88. The van der Waals surface area contributed by atoms with E-state index in [1.54, 1.807) is 14.2 Å². The molecule has 0 radical (unpaired) electrons. The van der Waals surface area contributed by atoms with E-state index in [1.807, 2.05) is 12.1 Å². The highest BCUT2D eigenvalue weighted by Gasteiger charge is 2.33. The van der Waals surface area contributed by atoms with Crippen LogP contribution >= 0.6 is 0 Å². The molecular weight excluding hydrogens is 218 g/mol. The van der Waals surface area contributed by atoms with Gasteiger partial charge in [-0.05, 0) is 38.1 Å². The lowest BCUT2D eigenvalue weighted by Gasteiger charge is -2.35. The number of nitrogens with one attached hydrogen (secondary N) is 1. The molecule has 0 amide bonds. The van der Waals surface area contributed by atoms with Crippen molar-refractivity contribution in [3.63, 3.8) is 0 Å². The second-order valence-corrected chi connectivity index (χ2v) is 4.61. The van der Waals surface area contributed by atoms with E-state index in [9.17, 15) is 0 Å². The molecule has 4 heteroatoms. The molecule has 1 aliphatic heterocycles. The minimum atomic E-state index is -0.0621. The summed E-state index contributed by atoms with van der Waals surface area (Å²) in [6, 6.07) is 4.00. The van der Waals surface area contributed by atoms with Crippen LogP contribution in [0.5, 0.6) is 0 Å². The molecular formula is C13H21NO3. The van der Waals surface area contributed by atoms with Crippen LogP contribution < -0.4 is 5.32 Å². The topological polar surface area (TPSA) is 43.6 Å². The van der Waals surface area contributed by atoms with Crippen molar-refractivity contribution in [3.8, 4) is 0 Å².